The molecule has 0 saturated heterocycles. The zero-order chi connectivity index (χ0) is 50.9. The summed E-state index contributed by atoms with van der Waals surface area (Å²) in [6.07, 6.45) is 0. The van der Waals surface area contributed by atoms with Gasteiger partial charge in [0.25, 0.3) is 0 Å². The molecule has 3 heteroatoms. The minimum absolute atomic E-state index is 0.650. The van der Waals surface area contributed by atoms with Crippen molar-refractivity contribution < 1.29 is 4.42 Å². The molecule has 0 bridgehead atoms. The monoisotopic (exact) mass is 982 g/mol. The zero-order valence-corrected chi connectivity index (χ0v) is 42.2. The minimum atomic E-state index is -0.788. The lowest BCUT2D eigenvalue weighted by molar-refractivity contribution is 0.623. The van der Waals surface area contributed by atoms with E-state index in [1.54, 1.807) is 0 Å². The van der Waals surface area contributed by atoms with E-state index in [-0.39, 0.29) is 0 Å². The van der Waals surface area contributed by atoms with Crippen LogP contribution in [0, 0.1) is 0 Å². The second-order valence-electron chi connectivity index (χ2n) is 20.3. The Bertz CT molecular complexity index is 4190. The van der Waals surface area contributed by atoms with Crippen LogP contribution in [0.1, 0.15) is 44.5 Å². The minimum Gasteiger partial charge on any atom is -0.454 e. The molecular weight excluding hydrogens is 933 g/mol. The van der Waals surface area contributed by atoms with Gasteiger partial charge in [-0.3, -0.25) is 0 Å². The molecule has 362 valence electrons. The highest BCUT2D eigenvalue weighted by Crippen LogP contribution is 2.65. The van der Waals surface area contributed by atoms with E-state index in [9.17, 15) is 0 Å². The Balaban J connectivity index is 1.04. The number of fused-ring (bicyclic) bond motifs is 12. The molecule has 2 aliphatic rings. The summed E-state index contributed by atoms with van der Waals surface area (Å²) in [5.74, 6) is 0. The summed E-state index contributed by atoms with van der Waals surface area (Å²) in [6.45, 7) is 0. The average Bonchev–Trinajstić information content (AvgIpc) is 4.16. The Kier molecular flexibility index (Phi) is 10.3. The summed E-state index contributed by atoms with van der Waals surface area (Å²) in [5, 5.41) is 2.18. The van der Waals surface area contributed by atoms with Gasteiger partial charge in [-0.2, -0.15) is 0 Å². The van der Waals surface area contributed by atoms with E-state index in [4.69, 9.17) is 4.42 Å². The normalized spacial score (nSPS) is 13.4. The first-order valence-electron chi connectivity index (χ1n) is 26.6. The van der Waals surface area contributed by atoms with Gasteiger partial charge in [-0.25, -0.2) is 0 Å². The Morgan fingerprint density at radius 3 is 1.21 bits per heavy atom. The maximum atomic E-state index is 6.92. The topological polar surface area (TPSA) is 19.6 Å². The summed E-state index contributed by atoms with van der Waals surface area (Å²) in [7, 11) is 0. The van der Waals surface area contributed by atoms with Crippen molar-refractivity contribution in [3.8, 4) is 22.3 Å². The molecule has 1 aromatic heterocycles. The molecule has 3 nitrogen and oxygen atoms in total. The van der Waals surface area contributed by atoms with Crippen molar-refractivity contribution in [1.82, 2.24) is 0 Å². The third-order valence-electron chi connectivity index (χ3n) is 16.4. The number of hydrogen-bond donors (Lipinski definition) is 0. The van der Waals surface area contributed by atoms with E-state index in [1.165, 1.54) is 61.2 Å². The van der Waals surface area contributed by atoms with Crippen molar-refractivity contribution in [2.75, 3.05) is 9.80 Å². The summed E-state index contributed by atoms with van der Waals surface area (Å²) in [5.41, 5.74) is 21.3. The molecule has 77 heavy (non-hydrogen) atoms. The highest BCUT2D eigenvalue weighted by Gasteiger charge is 2.57. The number of benzene rings is 12. The van der Waals surface area contributed by atoms with Crippen LogP contribution in [0.25, 0.3) is 44.2 Å². The van der Waals surface area contributed by atoms with Crippen molar-refractivity contribution in [2.24, 2.45) is 0 Å². The van der Waals surface area contributed by atoms with Crippen LogP contribution in [0.2, 0.25) is 0 Å². The Morgan fingerprint density at radius 2 is 0.662 bits per heavy atom. The molecule has 1 heterocycles. The molecule has 15 rings (SSSR count). The van der Waals surface area contributed by atoms with Gasteiger partial charge in [0.1, 0.15) is 5.58 Å². The van der Waals surface area contributed by atoms with Gasteiger partial charge in [-0.15, -0.1) is 0 Å². The summed E-state index contributed by atoms with van der Waals surface area (Å²) < 4.78 is 6.92. The van der Waals surface area contributed by atoms with Crippen LogP contribution in [-0.4, -0.2) is 0 Å². The van der Waals surface area contributed by atoms with Gasteiger partial charge in [-0.1, -0.05) is 231 Å². The molecule has 0 fully saturated rings. The van der Waals surface area contributed by atoms with E-state index < -0.39 is 10.8 Å². The maximum Gasteiger partial charge on any atom is 0.159 e. The number of rotatable bonds is 9. The zero-order valence-electron chi connectivity index (χ0n) is 42.2. The molecule has 2 aliphatic carbocycles. The van der Waals surface area contributed by atoms with Gasteiger partial charge in [-0.05, 0) is 140 Å². The maximum absolute atomic E-state index is 6.92. The van der Waals surface area contributed by atoms with Crippen LogP contribution in [0.15, 0.2) is 308 Å². The Morgan fingerprint density at radius 1 is 0.260 bits per heavy atom. The third-order valence-corrected chi connectivity index (χ3v) is 16.4. The number of anilines is 6. The fourth-order valence-electron chi connectivity index (χ4n) is 13.3. The fraction of sp³-hybridized carbons (Fsp3) is 0.0270. The quantitative estimate of drug-likeness (QED) is 0.144. The number of hydrogen-bond acceptors (Lipinski definition) is 3. The van der Waals surface area contributed by atoms with E-state index in [1.807, 2.05) is 0 Å². The summed E-state index contributed by atoms with van der Waals surface area (Å²) in [4.78, 5) is 4.81. The van der Waals surface area contributed by atoms with Crippen LogP contribution < -0.4 is 9.80 Å². The first kappa shape index (κ1) is 44.5. The highest BCUT2D eigenvalue weighted by atomic mass is 16.3. The molecule has 0 radical (unpaired) electrons. The molecule has 1 spiro atoms. The highest BCUT2D eigenvalue weighted by molar-refractivity contribution is 6.10. The van der Waals surface area contributed by atoms with E-state index >= 15 is 0 Å². The van der Waals surface area contributed by atoms with Crippen molar-refractivity contribution in [1.29, 1.82) is 0 Å². The van der Waals surface area contributed by atoms with Gasteiger partial charge in [0.2, 0.25) is 0 Å². The van der Waals surface area contributed by atoms with Crippen molar-refractivity contribution in [3.05, 3.63) is 348 Å². The first-order chi connectivity index (χ1) is 38.2. The molecule has 0 aliphatic heterocycles. The molecule has 12 aromatic carbocycles. The fourth-order valence-corrected chi connectivity index (χ4v) is 13.3. The molecule has 0 amide bonds. The summed E-state index contributed by atoms with van der Waals surface area (Å²) in [6, 6.07) is 111. The van der Waals surface area contributed by atoms with Crippen molar-refractivity contribution >= 4 is 56.1 Å². The standard InChI is InChI=1S/C74H50N2O/c1-6-23-51(24-7-1)52-41-43-57(44-42-52)76(70-39-22-34-63-62-33-16-21-40-71(62)77-72(63)70)59-46-48-61-60-47-45-58(75(55-29-12-4-13-30-55)56-31-14-5-15-32-56)49-68(60)74(69(61)50-59)66-37-19-17-35-64(66)73(53-25-8-2-9-26-53,54-27-10-3-11-28-54)65-36-18-20-38-67(65)74/h1-50H. The van der Waals surface area contributed by atoms with Crippen molar-refractivity contribution in [3.63, 3.8) is 0 Å². The molecule has 0 unspecified atom stereocenters. The molecular formula is C74H50N2O. The summed E-state index contributed by atoms with van der Waals surface area (Å²) >= 11 is 0. The average molecular weight is 983 g/mol. The van der Waals surface area contributed by atoms with Gasteiger partial charge in [0, 0.05) is 39.2 Å². The molecule has 0 N–H and O–H groups in total. The van der Waals surface area contributed by atoms with E-state index in [0.29, 0.717) is 0 Å². The second-order valence-corrected chi connectivity index (χ2v) is 20.3. The lowest BCUT2D eigenvalue weighted by Gasteiger charge is -2.50. The lowest BCUT2D eigenvalue weighted by Crippen LogP contribution is -2.44. The number of para-hydroxylation sites is 4. The van der Waals surface area contributed by atoms with Crippen LogP contribution in [-0.2, 0) is 10.8 Å². The lowest BCUT2D eigenvalue weighted by atomic mass is 9.51. The number of furan rings is 1. The second kappa shape index (κ2) is 17.9. The molecule has 0 atom stereocenters. The van der Waals surface area contributed by atoms with Crippen LogP contribution in [0.4, 0.5) is 34.1 Å². The SMILES string of the molecule is c1ccc(-c2ccc(N(c3ccc4c(c3)C3(c5cc(N(c6ccccc6)c6ccccc6)ccc5-4)c4ccccc4C(c4ccccc4)(c4ccccc4)c4ccccc43)c3cccc4c3oc3ccccc34)cc2)cc1. The van der Waals surface area contributed by atoms with Crippen molar-refractivity contribution in [2.45, 2.75) is 10.8 Å². The van der Waals surface area contributed by atoms with Gasteiger partial charge >= 0.3 is 0 Å². The number of nitrogens with zero attached hydrogens (tertiary/aromatic N) is 2. The predicted octanol–water partition coefficient (Wildman–Crippen LogP) is 19.3. The van der Waals surface area contributed by atoms with E-state index in [2.05, 4.69) is 313 Å². The van der Waals surface area contributed by atoms with Gasteiger partial charge < -0.3 is 14.2 Å². The largest absolute Gasteiger partial charge is 0.454 e. The first-order valence-corrected chi connectivity index (χ1v) is 26.6. The third kappa shape index (κ3) is 6.70. The van der Waals surface area contributed by atoms with Crippen LogP contribution >= 0.6 is 0 Å². The Hall–Kier alpha value is -9.96. The van der Waals surface area contributed by atoms with Crippen LogP contribution in [0.5, 0.6) is 0 Å². The van der Waals surface area contributed by atoms with Gasteiger partial charge in [0.05, 0.1) is 16.5 Å². The molecule has 13 aromatic rings. The molecule has 0 saturated carbocycles. The Labute approximate surface area is 448 Å². The van der Waals surface area contributed by atoms with E-state index in [0.717, 1.165) is 61.6 Å². The van der Waals surface area contributed by atoms with Gasteiger partial charge in [0.15, 0.2) is 5.58 Å². The predicted molar refractivity (Wildman–Crippen MR) is 318 cm³/mol. The van der Waals surface area contributed by atoms with Crippen LogP contribution in [0.3, 0.4) is 0 Å². The smallest absolute Gasteiger partial charge is 0.159 e.